The average molecular weight is 320 g/mol. The van der Waals surface area contributed by atoms with E-state index in [2.05, 4.69) is 0 Å². The Morgan fingerprint density at radius 2 is 1.90 bits per heavy atom. The predicted octanol–water partition coefficient (Wildman–Crippen LogP) is 3.78. The molecule has 0 amide bonds. The van der Waals surface area contributed by atoms with E-state index in [1.165, 1.54) is 6.07 Å². The number of nitrogens with zero attached hydrogens (tertiary/aromatic N) is 1. The molecule has 0 aliphatic carbocycles. The van der Waals surface area contributed by atoms with Crippen molar-refractivity contribution in [2.45, 2.75) is 38.5 Å². The largest absolute Gasteiger partial charge is 0.416 e. The second-order valence-corrected chi connectivity index (χ2v) is 6.35. The first-order valence-electron chi connectivity index (χ1n) is 6.84. The molecule has 6 heteroatoms. The van der Waals surface area contributed by atoms with E-state index >= 15 is 0 Å². The number of rotatable bonds is 6. The lowest BCUT2D eigenvalue weighted by Gasteiger charge is -2.28. The summed E-state index contributed by atoms with van der Waals surface area (Å²) in [5.41, 5.74) is 5.90. The number of hydrogen-bond acceptors (Lipinski definition) is 3. The first kappa shape index (κ1) is 18.2. The fourth-order valence-electron chi connectivity index (χ4n) is 2.18. The predicted molar refractivity (Wildman–Crippen MR) is 85.0 cm³/mol. The van der Waals surface area contributed by atoms with Crippen molar-refractivity contribution in [2.24, 2.45) is 5.73 Å². The van der Waals surface area contributed by atoms with Crippen LogP contribution in [0.3, 0.4) is 0 Å². The van der Waals surface area contributed by atoms with Crippen LogP contribution in [0.5, 0.6) is 0 Å². The molecule has 1 rings (SSSR count). The van der Waals surface area contributed by atoms with Gasteiger partial charge in [-0.25, -0.2) is 0 Å². The van der Waals surface area contributed by atoms with Gasteiger partial charge in [0, 0.05) is 30.6 Å². The Hall–Kier alpha value is -0.880. The Bertz CT molecular complexity index is 461. The van der Waals surface area contributed by atoms with Crippen LogP contribution in [-0.2, 0) is 12.6 Å². The zero-order valence-corrected chi connectivity index (χ0v) is 13.7. The maximum Gasteiger partial charge on any atom is 0.416 e. The number of hydrogen-bond donors (Lipinski definition) is 1. The Morgan fingerprint density at radius 3 is 2.38 bits per heavy atom. The number of alkyl halides is 3. The molecule has 2 N–H and O–H groups in total. The SMILES string of the molecule is CSCC(C)N(C)c1ccc(CC(C)N)c(C(F)(F)F)c1. The summed E-state index contributed by atoms with van der Waals surface area (Å²) >= 11 is 1.67. The van der Waals surface area contributed by atoms with Crippen molar-refractivity contribution in [1.82, 2.24) is 0 Å². The molecule has 21 heavy (non-hydrogen) atoms. The minimum absolute atomic E-state index is 0.167. The van der Waals surface area contributed by atoms with Crippen LogP contribution in [0, 0.1) is 0 Å². The van der Waals surface area contributed by atoms with E-state index in [0.717, 1.165) is 5.75 Å². The molecule has 0 bridgehead atoms. The van der Waals surface area contributed by atoms with Crippen molar-refractivity contribution in [3.05, 3.63) is 29.3 Å². The summed E-state index contributed by atoms with van der Waals surface area (Å²) in [6.07, 6.45) is -2.15. The summed E-state index contributed by atoms with van der Waals surface area (Å²) in [5.74, 6) is 0.861. The smallest absolute Gasteiger partial charge is 0.371 e. The van der Waals surface area contributed by atoms with Crippen LogP contribution in [0.4, 0.5) is 18.9 Å². The van der Waals surface area contributed by atoms with Gasteiger partial charge in [0.1, 0.15) is 0 Å². The van der Waals surface area contributed by atoms with Gasteiger partial charge < -0.3 is 10.6 Å². The molecule has 0 radical (unpaired) electrons. The Morgan fingerprint density at radius 1 is 1.29 bits per heavy atom. The van der Waals surface area contributed by atoms with Gasteiger partial charge in [-0.1, -0.05) is 6.07 Å². The number of anilines is 1. The Balaban J connectivity index is 3.15. The maximum absolute atomic E-state index is 13.2. The summed E-state index contributed by atoms with van der Waals surface area (Å²) in [6.45, 7) is 3.71. The first-order chi connectivity index (χ1) is 9.66. The third-order valence-corrected chi connectivity index (χ3v) is 4.23. The summed E-state index contributed by atoms with van der Waals surface area (Å²) in [5, 5.41) is 0. The highest BCUT2D eigenvalue weighted by molar-refractivity contribution is 7.98. The Kier molecular flexibility index (Phi) is 6.41. The highest BCUT2D eigenvalue weighted by Crippen LogP contribution is 2.35. The van der Waals surface area contributed by atoms with Gasteiger partial charge in [0.2, 0.25) is 0 Å². The van der Waals surface area contributed by atoms with Gasteiger partial charge in [-0.2, -0.15) is 24.9 Å². The molecule has 2 atom stereocenters. The highest BCUT2D eigenvalue weighted by Gasteiger charge is 2.34. The van der Waals surface area contributed by atoms with E-state index < -0.39 is 11.7 Å². The van der Waals surface area contributed by atoms with E-state index in [0.29, 0.717) is 5.69 Å². The quantitative estimate of drug-likeness (QED) is 0.865. The highest BCUT2D eigenvalue weighted by atomic mass is 32.2. The molecule has 1 aromatic rings. The van der Waals surface area contributed by atoms with Crippen LogP contribution in [0.1, 0.15) is 25.0 Å². The van der Waals surface area contributed by atoms with Gasteiger partial charge >= 0.3 is 6.18 Å². The van der Waals surface area contributed by atoms with Crippen LogP contribution in [-0.4, -0.2) is 31.1 Å². The van der Waals surface area contributed by atoms with E-state index in [1.54, 1.807) is 30.8 Å². The molecule has 2 nitrogen and oxygen atoms in total. The summed E-state index contributed by atoms with van der Waals surface area (Å²) in [6, 6.07) is 4.38. The second kappa shape index (κ2) is 7.40. The van der Waals surface area contributed by atoms with Gasteiger partial charge in [0.05, 0.1) is 5.56 Å². The molecule has 0 fully saturated rings. The van der Waals surface area contributed by atoms with Crippen molar-refractivity contribution in [2.75, 3.05) is 24.0 Å². The van der Waals surface area contributed by atoms with Crippen LogP contribution in [0.2, 0.25) is 0 Å². The first-order valence-corrected chi connectivity index (χ1v) is 8.23. The lowest BCUT2D eigenvalue weighted by Crippen LogP contribution is -2.31. The zero-order valence-electron chi connectivity index (χ0n) is 12.9. The van der Waals surface area contributed by atoms with Crippen molar-refractivity contribution < 1.29 is 13.2 Å². The molecule has 0 aliphatic rings. The van der Waals surface area contributed by atoms with Crippen LogP contribution >= 0.6 is 11.8 Å². The van der Waals surface area contributed by atoms with E-state index in [9.17, 15) is 13.2 Å². The monoisotopic (exact) mass is 320 g/mol. The molecular formula is C15H23F3N2S. The topological polar surface area (TPSA) is 29.3 Å². The van der Waals surface area contributed by atoms with E-state index in [-0.39, 0.29) is 24.1 Å². The van der Waals surface area contributed by atoms with Crippen molar-refractivity contribution >= 4 is 17.4 Å². The lowest BCUT2D eigenvalue weighted by molar-refractivity contribution is -0.138. The van der Waals surface area contributed by atoms with Crippen LogP contribution in [0.15, 0.2) is 18.2 Å². The summed E-state index contributed by atoms with van der Waals surface area (Å²) in [4.78, 5) is 1.88. The summed E-state index contributed by atoms with van der Waals surface area (Å²) < 4.78 is 39.7. The number of nitrogens with two attached hydrogens (primary N) is 1. The molecular weight excluding hydrogens is 297 g/mol. The Labute approximate surface area is 128 Å². The fourth-order valence-corrected chi connectivity index (χ4v) is 2.89. The van der Waals surface area contributed by atoms with Gasteiger partial charge in [-0.3, -0.25) is 0 Å². The minimum atomic E-state index is -4.36. The number of benzene rings is 1. The van der Waals surface area contributed by atoms with Crippen LogP contribution < -0.4 is 10.6 Å². The summed E-state index contributed by atoms with van der Waals surface area (Å²) in [7, 11) is 1.82. The molecule has 0 saturated carbocycles. The zero-order chi connectivity index (χ0) is 16.2. The van der Waals surface area contributed by atoms with Gasteiger partial charge in [0.15, 0.2) is 0 Å². The minimum Gasteiger partial charge on any atom is -0.371 e. The van der Waals surface area contributed by atoms with E-state index in [4.69, 9.17) is 5.73 Å². The maximum atomic E-state index is 13.2. The average Bonchev–Trinajstić information content (AvgIpc) is 2.36. The molecule has 0 aromatic heterocycles. The van der Waals surface area contributed by atoms with Crippen LogP contribution in [0.25, 0.3) is 0 Å². The van der Waals surface area contributed by atoms with Gasteiger partial charge in [-0.05, 0) is 44.2 Å². The van der Waals surface area contributed by atoms with Gasteiger partial charge in [-0.15, -0.1) is 0 Å². The van der Waals surface area contributed by atoms with Crippen molar-refractivity contribution in [3.63, 3.8) is 0 Å². The number of thioether (sulfide) groups is 1. The second-order valence-electron chi connectivity index (χ2n) is 5.44. The third-order valence-electron chi connectivity index (χ3n) is 3.42. The van der Waals surface area contributed by atoms with Crippen molar-refractivity contribution in [1.29, 1.82) is 0 Å². The fraction of sp³-hybridized carbons (Fsp3) is 0.600. The lowest BCUT2D eigenvalue weighted by atomic mass is 9.99. The van der Waals surface area contributed by atoms with E-state index in [1.807, 2.05) is 25.1 Å². The van der Waals surface area contributed by atoms with Crippen molar-refractivity contribution in [3.8, 4) is 0 Å². The third kappa shape index (κ3) is 5.11. The molecule has 0 saturated heterocycles. The standard InChI is InChI=1S/C15H23F3N2S/c1-10(19)7-12-5-6-13(8-14(12)15(16,17)18)20(3)11(2)9-21-4/h5-6,8,10-11H,7,9,19H2,1-4H3. The normalized spacial score (nSPS) is 14.9. The molecule has 1 aromatic carbocycles. The molecule has 2 unspecified atom stereocenters. The molecule has 0 spiro atoms. The number of halogens is 3. The molecule has 0 heterocycles. The molecule has 120 valence electrons. The van der Waals surface area contributed by atoms with Gasteiger partial charge in [0.25, 0.3) is 0 Å². The molecule has 0 aliphatic heterocycles.